The highest BCUT2D eigenvalue weighted by molar-refractivity contribution is 5.93. The number of carbonyl (C=O) groups is 1. The zero-order chi connectivity index (χ0) is 14.8. The summed E-state index contributed by atoms with van der Waals surface area (Å²) in [5.41, 5.74) is 0.337. The molecule has 1 aliphatic heterocycles. The van der Waals surface area contributed by atoms with Crippen molar-refractivity contribution < 1.29 is 14.6 Å². The topological polar surface area (TPSA) is 46.5 Å². The Labute approximate surface area is 121 Å². The average Bonchev–Trinajstić information content (AvgIpc) is 2.67. The van der Waals surface area contributed by atoms with Gasteiger partial charge in [0.2, 0.25) is 0 Å². The van der Waals surface area contributed by atoms with Crippen LogP contribution in [0.2, 0.25) is 0 Å². The third kappa shape index (κ3) is 5.63. The molecule has 1 atom stereocenters. The lowest BCUT2D eigenvalue weighted by atomic mass is 10.1. The molecule has 1 aliphatic rings. The van der Waals surface area contributed by atoms with Crippen LogP contribution < -0.4 is 0 Å². The lowest BCUT2D eigenvalue weighted by Gasteiger charge is -2.01. The number of esters is 1. The summed E-state index contributed by atoms with van der Waals surface area (Å²) in [6.07, 6.45) is 15.9. The zero-order valence-electron chi connectivity index (χ0n) is 12.1. The molecule has 3 heteroatoms. The number of ether oxygens (including phenoxy) is 1. The summed E-state index contributed by atoms with van der Waals surface area (Å²) in [5.74, 6) is 2.32. The molecule has 20 heavy (non-hydrogen) atoms. The molecular formula is C17H24O3. The average molecular weight is 276 g/mol. The van der Waals surface area contributed by atoms with E-state index in [0.717, 1.165) is 32.1 Å². The summed E-state index contributed by atoms with van der Waals surface area (Å²) in [5, 5.41) is 9.64. The number of aliphatic hydroxyl groups is 1. The van der Waals surface area contributed by atoms with Gasteiger partial charge in [-0.05, 0) is 19.3 Å². The van der Waals surface area contributed by atoms with Crippen molar-refractivity contribution in [2.75, 3.05) is 0 Å². The smallest absolute Gasteiger partial charge is 0.341 e. The number of hydrogen-bond donors (Lipinski definition) is 1. The van der Waals surface area contributed by atoms with Gasteiger partial charge in [-0.3, -0.25) is 0 Å². The van der Waals surface area contributed by atoms with Crippen LogP contribution in [0.3, 0.4) is 0 Å². The summed E-state index contributed by atoms with van der Waals surface area (Å²) in [6.45, 7) is 3.49. The van der Waals surface area contributed by atoms with E-state index < -0.39 is 12.1 Å². The van der Waals surface area contributed by atoms with E-state index in [1.807, 2.05) is 0 Å². The summed E-state index contributed by atoms with van der Waals surface area (Å²) in [4.78, 5) is 11.4. The molecule has 0 bridgehead atoms. The third-order valence-electron chi connectivity index (χ3n) is 3.45. The van der Waals surface area contributed by atoms with Gasteiger partial charge in [-0.1, -0.05) is 44.8 Å². The van der Waals surface area contributed by atoms with Crippen molar-refractivity contribution in [2.45, 2.75) is 63.9 Å². The van der Waals surface area contributed by atoms with Crippen molar-refractivity contribution in [3.63, 3.8) is 0 Å². The van der Waals surface area contributed by atoms with Gasteiger partial charge in [-0.2, -0.15) is 0 Å². The van der Waals surface area contributed by atoms with Crippen LogP contribution in [0.15, 0.2) is 24.0 Å². The minimum absolute atomic E-state index is 0.133. The Morgan fingerprint density at radius 3 is 2.35 bits per heavy atom. The standard InChI is InChI=1S/C17H24O3/c1-3-4-5-6-7-8-9-10-11-12-13-15-16(18)14(2)20-17(15)19/h1,13,16,18H,2,4-12H2/b15-13-/t16-/m0/s1. The second-order valence-electron chi connectivity index (χ2n) is 5.14. The number of hydrogen-bond acceptors (Lipinski definition) is 3. The number of carbonyl (C=O) groups excluding carboxylic acids is 1. The Balaban J connectivity index is 2.04. The van der Waals surface area contributed by atoms with Crippen molar-refractivity contribution in [1.82, 2.24) is 0 Å². The van der Waals surface area contributed by atoms with Crippen molar-refractivity contribution in [3.8, 4) is 12.3 Å². The van der Waals surface area contributed by atoms with Crippen LogP contribution >= 0.6 is 0 Å². The van der Waals surface area contributed by atoms with E-state index in [1.54, 1.807) is 6.08 Å². The maximum absolute atomic E-state index is 11.4. The normalized spacial score (nSPS) is 20.2. The Kier molecular flexibility index (Phi) is 7.75. The summed E-state index contributed by atoms with van der Waals surface area (Å²) < 4.78 is 4.76. The first-order valence-corrected chi connectivity index (χ1v) is 7.39. The highest BCUT2D eigenvalue weighted by atomic mass is 16.6. The van der Waals surface area contributed by atoms with Gasteiger partial charge in [0.15, 0.2) is 0 Å². The van der Waals surface area contributed by atoms with Crippen molar-refractivity contribution >= 4 is 5.97 Å². The van der Waals surface area contributed by atoms with Gasteiger partial charge in [0.25, 0.3) is 0 Å². The molecule has 0 aliphatic carbocycles. The molecule has 1 fully saturated rings. The molecule has 1 N–H and O–H groups in total. The zero-order valence-corrected chi connectivity index (χ0v) is 12.1. The monoisotopic (exact) mass is 276 g/mol. The van der Waals surface area contributed by atoms with Gasteiger partial charge < -0.3 is 9.84 Å². The lowest BCUT2D eigenvalue weighted by molar-refractivity contribution is -0.132. The van der Waals surface area contributed by atoms with Crippen LogP contribution in [-0.2, 0) is 9.53 Å². The summed E-state index contributed by atoms with van der Waals surface area (Å²) >= 11 is 0. The predicted octanol–water partition coefficient (Wildman–Crippen LogP) is 3.49. The summed E-state index contributed by atoms with van der Waals surface area (Å²) in [7, 11) is 0. The molecular weight excluding hydrogens is 252 g/mol. The number of allylic oxidation sites excluding steroid dienone is 1. The third-order valence-corrected chi connectivity index (χ3v) is 3.45. The Hall–Kier alpha value is -1.53. The SMILES string of the molecule is C#CCCCCCCCCC/C=C1\C(=O)OC(=C)[C@@H]1O. The number of rotatable bonds is 9. The first kappa shape index (κ1) is 16.5. The lowest BCUT2D eigenvalue weighted by Crippen LogP contribution is -2.07. The van der Waals surface area contributed by atoms with E-state index in [2.05, 4.69) is 12.5 Å². The molecule has 0 saturated carbocycles. The van der Waals surface area contributed by atoms with Crippen LogP contribution in [0.4, 0.5) is 0 Å². The van der Waals surface area contributed by atoms with E-state index in [4.69, 9.17) is 11.2 Å². The van der Waals surface area contributed by atoms with Gasteiger partial charge in [0.1, 0.15) is 11.9 Å². The first-order valence-electron chi connectivity index (χ1n) is 7.39. The number of terminal acetylenes is 1. The van der Waals surface area contributed by atoms with Gasteiger partial charge in [-0.15, -0.1) is 12.3 Å². The first-order chi connectivity index (χ1) is 9.66. The highest BCUT2D eigenvalue weighted by Crippen LogP contribution is 2.23. The summed E-state index contributed by atoms with van der Waals surface area (Å²) in [6, 6.07) is 0. The Morgan fingerprint density at radius 1 is 1.20 bits per heavy atom. The Morgan fingerprint density at radius 2 is 1.80 bits per heavy atom. The molecule has 0 radical (unpaired) electrons. The van der Waals surface area contributed by atoms with E-state index in [0.29, 0.717) is 5.57 Å². The van der Waals surface area contributed by atoms with Gasteiger partial charge in [-0.25, -0.2) is 4.79 Å². The maximum Gasteiger partial charge on any atom is 0.341 e. The predicted molar refractivity (Wildman–Crippen MR) is 79.7 cm³/mol. The van der Waals surface area contributed by atoms with Crippen LogP contribution in [0.25, 0.3) is 0 Å². The van der Waals surface area contributed by atoms with Crippen LogP contribution in [0.5, 0.6) is 0 Å². The highest BCUT2D eigenvalue weighted by Gasteiger charge is 2.32. The van der Waals surface area contributed by atoms with Crippen molar-refractivity contribution in [1.29, 1.82) is 0 Å². The second-order valence-corrected chi connectivity index (χ2v) is 5.14. The fourth-order valence-electron chi connectivity index (χ4n) is 2.23. The van der Waals surface area contributed by atoms with E-state index >= 15 is 0 Å². The van der Waals surface area contributed by atoms with Gasteiger partial charge >= 0.3 is 5.97 Å². The van der Waals surface area contributed by atoms with Gasteiger partial charge in [0.05, 0.1) is 5.57 Å². The molecule has 1 heterocycles. The molecule has 1 saturated heterocycles. The van der Waals surface area contributed by atoms with Crippen molar-refractivity contribution in [2.24, 2.45) is 0 Å². The largest absolute Gasteiger partial charge is 0.425 e. The molecule has 0 amide bonds. The fourth-order valence-corrected chi connectivity index (χ4v) is 2.23. The second kappa shape index (κ2) is 9.39. The number of unbranched alkanes of at least 4 members (excludes halogenated alkanes) is 8. The molecule has 1 rings (SSSR count). The van der Waals surface area contributed by atoms with Crippen LogP contribution in [0, 0.1) is 12.3 Å². The molecule has 0 spiro atoms. The van der Waals surface area contributed by atoms with E-state index in [9.17, 15) is 9.90 Å². The van der Waals surface area contributed by atoms with E-state index in [-0.39, 0.29) is 5.76 Å². The molecule has 0 aromatic carbocycles. The van der Waals surface area contributed by atoms with Crippen molar-refractivity contribution in [3.05, 3.63) is 24.0 Å². The molecule has 110 valence electrons. The quantitative estimate of drug-likeness (QED) is 0.303. The number of cyclic esters (lactones) is 1. The molecule has 0 aromatic rings. The molecule has 3 nitrogen and oxygen atoms in total. The fraction of sp³-hybridized carbons (Fsp3) is 0.588. The maximum atomic E-state index is 11.4. The minimum atomic E-state index is -0.946. The van der Waals surface area contributed by atoms with E-state index in [1.165, 1.54) is 25.7 Å². The van der Waals surface area contributed by atoms with Crippen LogP contribution in [-0.4, -0.2) is 17.2 Å². The molecule has 0 unspecified atom stereocenters. The Bertz CT molecular complexity index is 401. The molecule has 0 aromatic heterocycles. The van der Waals surface area contributed by atoms with Gasteiger partial charge in [0, 0.05) is 6.42 Å². The number of aliphatic hydroxyl groups excluding tert-OH is 1. The minimum Gasteiger partial charge on any atom is -0.425 e. The van der Waals surface area contributed by atoms with Crippen LogP contribution in [0.1, 0.15) is 57.8 Å².